The molecule has 1 fully saturated rings. The van der Waals surface area contributed by atoms with Crippen molar-refractivity contribution in [1.29, 1.82) is 0 Å². The van der Waals surface area contributed by atoms with Crippen LogP contribution in [0.15, 0.2) is 22.7 Å². The van der Waals surface area contributed by atoms with Gasteiger partial charge in [0.1, 0.15) is 0 Å². The molecule has 0 aliphatic heterocycles. The van der Waals surface area contributed by atoms with Gasteiger partial charge in [-0.05, 0) is 42.7 Å². The number of hydrogen-bond acceptors (Lipinski definition) is 3. The SMILES string of the molecule is CCC1CCCC(CN)(Cc2ccc([N+](=O)[O-])cc2Br)C1. The second-order valence-electron chi connectivity index (χ2n) is 6.28. The number of nitrogens with zero attached hydrogens (tertiary/aromatic N) is 1. The summed E-state index contributed by atoms with van der Waals surface area (Å²) in [5.41, 5.74) is 7.51. The highest BCUT2D eigenvalue weighted by Crippen LogP contribution is 2.43. The topological polar surface area (TPSA) is 69.2 Å². The van der Waals surface area contributed by atoms with Gasteiger partial charge in [-0.1, -0.05) is 48.2 Å². The molecule has 1 aliphatic rings. The molecule has 116 valence electrons. The molecule has 0 amide bonds. The van der Waals surface area contributed by atoms with E-state index in [9.17, 15) is 10.1 Å². The van der Waals surface area contributed by atoms with E-state index in [1.165, 1.54) is 25.7 Å². The van der Waals surface area contributed by atoms with Crippen LogP contribution in [0, 0.1) is 21.4 Å². The van der Waals surface area contributed by atoms with Crippen LogP contribution >= 0.6 is 15.9 Å². The summed E-state index contributed by atoms with van der Waals surface area (Å²) in [6.45, 7) is 2.94. The lowest BCUT2D eigenvalue weighted by Crippen LogP contribution is -2.37. The van der Waals surface area contributed by atoms with Gasteiger partial charge in [-0.3, -0.25) is 10.1 Å². The Morgan fingerprint density at radius 1 is 1.52 bits per heavy atom. The summed E-state index contributed by atoms with van der Waals surface area (Å²) >= 11 is 3.48. The molecule has 0 aromatic heterocycles. The fourth-order valence-corrected chi connectivity index (χ4v) is 4.05. The normalized spacial score (nSPS) is 25.8. The van der Waals surface area contributed by atoms with Crippen LogP contribution < -0.4 is 5.73 Å². The Labute approximate surface area is 134 Å². The summed E-state index contributed by atoms with van der Waals surface area (Å²) in [7, 11) is 0. The summed E-state index contributed by atoms with van der Waals surface area (Å²) < 4.78 is 0.822. The number of hydrogen-bond donors (Lipinski definition) is 1. The lowest BCUT2D eigenvalue weighted by Gasteiger charge is -2.40. The van der Waals surface area contributed by atoms with E-state index in [4.69, 9.17) is 5.73 Å². The Balaban J connectivity index is 2.20. The lowest BCUT2D eigenvalue weighted by atomic mass is 9.66. The molecule has 4 nitrogen and oxygen atoms in total. The average Bonchev–Trinajstić information content (AvgIpc) is 2.49. The molecule has 2 N–H and O–H groups in total. The number of nitro benzene ring substituents is 1. The zero-order chi connectivity index (χ0) is 15.5. The molecule has 0 spiro atoms. The first-order valence-corrected chi connectivity index (χ1v) is 8.42. The Kier molecular flexibility index (Phi) is 5.38. The number of benzene rings is 1. The van der Waals surface area contributed by atoms with Gasteiger partial charge in [0.05, 0.1) is 4.92 Å². The zero-order valence-electron chi connectivity index (χ0n) is 12.5. The van der Waals surface area contributed by atoms with Crippen LogP contribution in [-0.2, 0) is 6.42 Å². The summed E-state index contributed by atoms with van der Waals surface area (Å²) in [6.07, 6.45) is 6.98. The standard InChI is InChI=1S/C16H23BrN2O2/c1-2-12-4-3-7-16(9-12,11-18)10-13-5-6-14(19(20)21)8-15(13)17/h5-6,8,12H,2-4,7,9-11,18H2,1H3. The Morgan fingerprint density at radius 2 is 2.29 bits per heavy atom. The fraction of sp³-hybridized carbons (Fsp3) is 0.625. The minimum atomic E-state index is -0.360. The molecule has 1 aliphatic carbocycles. The van der Waals surface area contributed by atoms with E-state index in [-0.39, 0.29) is 16.0 Å². The van der Waals surface area contributed by atoms with Gasteiger partial charge in [0, 0.05) is 16.6 Å². The Bertz CT molecular complexity index is 521. The van der Waals surface area contributed by atoms with Crippen LogP contribution in [-0.4, -0.2) is 11.5 Å². The highest BCUT2D eigenvalue weighted by atomic mass is 79.9. The molecule has 2 atom stereocenters. The van der Waals surface area contributed by atoms with Crippen LogP contribution in [0.4, 0.5) is 5.69 Å². The van der Waals surface area contributed by atoms with Crippen molar-refractivity contribution in [1.82, 2.24) is 0 Å². The molecule has 1 saturated carbocycles. The third-order valence-electron chi connectivity index (χ3n) is 4.86. The summed E-state index contributed by atoms with van der Waals surface area (Å²) in [4.78, 5) is 10.5. The molecule has 0 saturated heterocycles. The van der Waals surface area contributed by atoms with E-state index >= 15 is 0 Å². The van der Waals surface area contributed by atoms with Gasteiger partial charge in [-0.2, -0.15) is 0 Å². The third-order valence-corrected chi connectivity index (χ3v) is 5.60. The number of halogens is 1. The first-order chi connectivity index (χ1) is 9.99. The molecular weight excluding hydrogens is 332 g/mol. The molecule has 1 aromatic carbocycles. The van der Waals surface area contributed by atoms with Gasteiger partial charge >= 0.3 is 0 Å². The van der Waals surface area contributed by atoms with Crippen LogP contribution in [0.2, 0.25) is 0 Å². The van der Waals surface area contributed by atoms with E-state index in [0.717, 1.165) is 28.8 Å². The summed E-state index contributed by atoms with van der Waals surface area (Å²) in [5, 5.41) is 10.8. The van der Waals surface area contributed by atoms with E-state index in [0.29, 0.717) is 6.54 Å². The van der Waals surface area contributed by atoms with E-state index < -0.39 is 0 Å². The Morgan fingerprint density at radius 3 is 2.86 bits per heavy atom. The quantitative estimate of drug-likeness (QED) is 0.627. The van der Waals surface area contributed by atoms with Crippen molar-refractivity contribution in [2.45, 2.75) is 45.4 Å². The molecular formula is C16H23BrN2O2. The first-order valence-electron chi connectivity index (χ1n) is 7.62. The molecule has 0 radical (unpaired) electrons. The lowest BCUT2D eigenvalue weighted by molar-refractivity contribution is -0.384. The van der Waals surface area contributed by atoms with Crippen molar-refractivity contribution in [2.75, 3.05) is 6.54 Å². The van der Waals surface area contributed by atoms with Crippen molar-refractivity contribution in [3.05, 3.63) is 38.3 Å². The zero-order valence-corrected chi connectivity index (χ0v) is 14.1. The van der Waals surface area contributed by atoms with Gasteiger partial charge in [-0.25, -0.2) is 0 Å². The number of nitro groups is 1. The van der Waals surface area contributed by atoms with Crippen molar-refractivity contribution in [2.24, 2.45) is 17.1 Å². The van der Waals surface area contributed by atoms with Gasteiger partial charge in [0.2, 0.25) is 0 Å². The molecule has 0 bridgehead atoms. The minimum Gasteiger partial charge on any atom is -0.330 e. The van der Waals surface area contributed by atoms with Crippen LogP contribution in [0.1, 0.15) is 44.6 Å². The van der Waals surface area contributed by atoms with Gasteiger partial charge in [0.25, 0.3) is 5.69 Å². The minimum absolute atomic E-state index is 0.127. The highest BCUT2D eigenvalue weighted by Gasteiger charge is 2.35. The van der Waals surface area contributed by atoms with Crippen molar-refractivity contribution in [3.8, 4) is 0 Å². The fourth-order valence-electron chi connectivity index (χ4n) is 3.55. The molecule has 1 aromatic rings. The molecule has 2 rings (SSSR count). The monoisotopic (exact) mass is 354 g/mol. The molecule has 0 heterocycles. The number of non-ortho nitro benzene ring substituents is 1. The van der Waals surface area contributed by atoms with E-state index in [2.05, 4.69) is 22.9 Å². The van der Waals surface area contributed by atoms with Crippen molar-refractivity contribution in [3.63, 3.8) is 0 Å². The predicted octanol–water partition coefficient (Wildman–Crippen LogP) is 4.45. The van der Waals surface area contributed by atoms with Crippen LogP contribution in [0.25, 0.3) is 0 Å². The molecule has 21 heavy (non-hydrogen) atoms. The summed E-state index contributed by atoms with van der Waals surface area (Å²) in [6, 6.07) is 5.05. The van der Waals surface area contributed by atoms with E-state index in [1.54, 1.807) is 12.1 Å². The highest BCUT2D eigenvalue weighted by molar-refractivity contribution is 9.10. The van der Waals surface area contributed by atoms with Gasteiger partial charge < -0.3 is 5.73 Å². The molecule has 5 heteroatoms. The maximum atomic E-state index is 10.8. The number of nitrogens with two attached hydrogens (primary N) is 1. The summed E-state index contributed by atoms with van der Waals surface area (Å²) in [5.74, 6) is 0.763. The van der Waals surface area contributed by atoms with Crippen LogP contribution in [0.3, 0.4) is 0 Å². The first kappa shape index (κ1) is 16.4. The largest absolute Gasteiger partial charge is 0.330 e. The van der Waals surface area contributed by atoms with Gasteiger partial charge in [-0.15, -0.1) is 0 Å². The van der Waals surface area contributed by atoms with Crippen molar-refractivity contribution >= 4 is 21.6 Å². The maximum Gasteiger partial charge on any atom is 0.270 e. The second-order valence-corrected chi connectivity index (χ2v) is 7.14. The smallest absolute Gasteiger partial charge is 0.270 e. The van der Waals surface area contributed by atoms with Gasteiger partial charge in [0.15, 0.2) is 0 Å². The molecule has 2 unspecified atom stereocenters. The third kappa shape index (κ3) is 3.83. The average molecular weight is 355 g/mol. The van der Waals surface area contributed by atoms with E-state index in [1.807, 2.05) is 6.07 Å². The maximum absolute atomic E-state index is 10.8. The van der Waals surface area contributed by atoms with Crippen LogP contribution in [0.5, 0.6) is 0 Å². The second kappa shape index (κ2) is 6.88. The van der Waals surface area contributed by atoms with Crippen molar-refractivity contribution < 1.29 is 4.92 Å². The Hall–Kier alpha value is -0.940. The number of rotatable bonds is 5. The predicted molar refractivity (Wildman–Crippen MR) is 88.2 cm³/mol.